The van der Waals surface area contributed by atoms with Crippen molar-refractivity contribution in [1.82, 2.24) is 20.4 Å². The van der Waals surface area contributed by atoms with E-state index >= 15 is 0 Å². The molecule has 162 valence electrons. The third-order valence-electron chi connectivity index (χ3n) is 5.46. The molecule has 0 bridgehead atoms. The van der Waals surface area contributed by atoms with E-state index in [1.165, 1.54) is 60.8 Å². The van der Waals surface area contributed by atoms with E-state index in [1.807, 2.05) is 12.1 Å². The number of amides is 1. The van der Waals surface area contributed by atoms with Crippen LogP contribution in [0.25, 0.3) is 0 Å². The predicted octanol–water partition coefficient (Wildman–Crippen LogP) is 3.56. The lowest BCUT2D eigenvalue weighted by Crippen LogP contribution is -2.41. The zero-order chi connectivity index (χ0) is 20.8. The summed E-state index contributed by atoms with van der Waals surface area (Å²) in [7, 11) is 1.68. The Morgan fingerprint density at radius 2 is 2.00 bits per heavy atom. The van der Waals surface area contributed by atoms with Crippen molar-refractivity contribution in [3.8, 4) is 5.75 Å². The van der Waals surface area contributed by atoms with Crippen LogP contribution in [-0.2, 0) is 4.79 Å². The smallest absolute Gasteiger partial charge is 0.230 e. The molecule has 2 aliphatic rings. The number of benzene rings is 1. The predicted molar refractivity (Wildman–Crippen MR) is 121 cm³/mol. The number of thioether (sulfide) groups is 1. The minimum Gasteiger partial charge on any atom is -0.497 e. The van der Waals surface area contributed by atoms with E-state index in [2.05, 4.69) is 37.9 Å². The molecule has 2 aromatic rings. The van der Waals surface area contributed by atoms with Crippen molar-refractivity contribution in [3.63, 3.8) is 0 Å². The van der Waals surface area contributed by atoms with Crippen LogP contribution in [0.15, 0.2) is 28.6 Å². The fourth-order valence-corrected chi connectivity index (χ4v) is 5.29. The molecule has 1 aromatic heterocycles. The summed E-state index contributed by atoms with van der Waals surface area (Å²) in [6, 6.07) is 8.94. The maximum atomic E-state index is 12.5. The molecule has 4 rings (SSSR count). The van der Waals surface area contributed by atoms with Crippen LogP contribution in [0.2, 0.25) is 0 Å². The van der Waals surface area contributed by atoms with Gasteiger partial charge in [0.1, 0.15) is 5.75 Å². The SMILES string of the molecule is COc1ccc([C@H](CNC(=O)CSc2nnc(NC3CC3)s2)N2CCCCC2)cc1. The van der Waals surface area contributed by atoms with Crippen LogP contribution in [0.4, 0.5) is 5.13 Å². The van der Waals surface area contributed by atoms with Crippen molar-refractivity contribution in [3.05, 3.63) is 29.8 Å². The highest BCUT2D eigenvalue weighted by Crippen LogP contribution is 2.30. The fraction of sp³-hybridized carbons (Fsp3) is 0.571. The highest BCUT2D eigenvalue weighted by atomic mass is 32.2. The average molecular weight is 448 g/mol. The molecule has 2 heterocycles. The number of rotatable bonds is 10. The van der Waals surface area contributed by atoms with Gasteiger partial charge in [0.2, 0.25) is 11.0 Å². The van der Waals surface area contributed by atoms with E-state index in [1.54, 1.807) is 7.11 Å². The van der Waals surface area contributed by atoms with Crippen molar-refractivity contribution >= 4 is 34.1 Å². The van der Waals surface area contributed by atoms with Gasteiger partial charge in [-0.1, -0.05) is 41.7 Å². The summed E-state index contributed by atoms with van der Waals surface area (Å²) in [5, 5.41) is 15.7. The van der Waals surface area contributed by atoms with Crippen LogP contribution in [0, 0.1) is 0 Å². The maximum Gasteiger partial charge on any atom is 0.230 e. The van der Waals surface area contributed by atoms with E-state index < -0.39 is 0 Å². The van der Waals surface area contributed by atoms with Crippen LogP contribution in [0.3, 0.4) is 0 Å². The van der Waals surface area contributed by atoms with E-state index in [4.69, 9.17) is 4.74 Å². The summed E-state index contributed by atoms with van der Waals surface area (Å²) >= 11 is 2.97. The quantitative estimate of drug-likeness (QED) is 0.539. The Kier molecular flexibility index (Phi) is 7.46. The Labute approximate surface area is 186 Å². The van der Waals surface area contributed by atoms with Crippen LogP contribution in [0.1, 0.15) is 43.7 Å². The summed E-state index contributed by atoms with van der Waals surface area (Å²) < 4.78 is 6.12. The lowest BCUT2D eigenvalue weighted by atomic mass is 10.0. The molecular weight excluding hydrogens is 418 g/mol. The van der Waals surface area contributed by atoms with Gasteiger partial charge in [-0.15, -0.1) is 10.2 Å². The number of carbonyl (C=O) groups is 1. The second-order valence-electron chi connectivity index (χ2n) is 7.77. The normalized spacial score (nSPS) is 18.0. The fourth-order valence-electron chi connectivity index (χ4n) is 3.63. The minimum absolute atomic E-state index is 0.0300. The first kappa shape index (κ1) is 21.4. The number of hydrogen-bond acceptors (Lipinski definition) is 8. The summed E-state index contributed by atoms with van der Waals surface area (Å²) in [4.78, 5) is 15.0. The van der Waals surface area contributed by atoms with E-state index in [-0.39, 0.29) is 11.9 Å². The van der Waals surface area contributed by atoms with E-state index in [0.717, 1.165) is 28.3 Å². The number of hydrogen-bond donors (Lipinski definition) is 2. The van der Waals surface area contributed by atoms with Crippen molar-refractivity contribution in [2.75, 3.05) is 37.8 Å². The molecule has 1 amide bonds. The molecule has 0 unspecified atom stereocenters. The van der Waals surface area contributed by atoms with Gasteiger partial charge in [0.25, 0.3) is 0 Å². The third-order valence-corrected chi connectivity index (χ3v) is 7.45. The molecular formula is C21H29N5O2S2. The van der Waals surface area contributed by atoms with Gasteiger partial charge in [-0.2, -0.15) is 0 Å². The molecule has 2 N–H and O–H groups in total. The van der Waals surface area contributed by atoms with Gasteiger partial charge >= 0.3 is 0 Å². The first-order valence-electron chi connectivity index (χ1n) is 10.6. The van der Waals surface area contributed by atoms with Crippen molar-refractivity contribution in [2.45, 2.75) is 48.5 Å². The first-order valence-corrected chi connectivity index (χ1v) is 12.4. The Hall–Kier alpha value is -1.84. The van der Waals surface area contributed by atoms with Gasteiger partial charge in [-0.05, 0) is 56.5 Å². The van der Waals surface area contributed by atoms with Crippen LogP contribution < -0.4 is 15.4 Å². The second kappa shape index (κ2) is 10.5. The molecule has 1 saturated carbocycles. The Balaban J connectivity index is 1.30. The molecule has 2 fully saturated rings. The number of methoxy groups -OCH3 is 1. The van der Waals surface area contributed by atoms with Crippen molar-refractivity contribution < 1.29 is 9.53 Å². The van der Waals surface area contributed by atoms with E-state index in [0.29, 0.717) is 18.3 Å². The van der Waals surface area contributed by atoms with Crippen molar-refractivity contribution in [2.24, 2.45) is 0 Å². The summed E-state index contributed by atoms with van der Waals surface area (Å²) in [6.45, 7) is 2.75. The monoisotopic (exact) mass is 447 g/mol. The number of nitrogens with zero attached hydrogens (tertiary/aromatic N) is 3. The molecule has 1 aliphatic carbocycles. The molecule has 1 saturated heterocycles. The summed E-state index contributed by atoms with van der Waals surface area (Å²) in [6.07, 6.45) is 6.12. The molecule has 1 aromatic carbocycles. The zero-order valence-corrected chi connectivity index (χ0v) is 18.9. The molecule has 0 radical (unpaired) electrons. The number of piperidine rings is 1. The van der Waals surface area contributed by atoms with Gasteiger partial charge in [-0.3, -0.25) is 9.69 Å². The van der Waals surface area contributed by atoms with Gasteiger partial charge in [0.05, 0.1) is 18.9 Å². The molecule has 1 aliphatic heterocycles. The number of likely N-dealkylation sites (tertiary alicyclic amines) is 1. The molecule has 7 nitrogen and oxygen atoms in total. The van der Waals surface area contributed by atoms with Crippen LogP contribution in [0.5, 0.6) is 5.75 Å². The third kappa shape index (κ3) is 6.09. The first-order chi connectivity index (χ1) is 14.7. The Morgan fingerprint density at radius 1 is 1.23 bits per heavy atom. The van der Waals surface area contributed by atoms with Gasteiger partial charge in [0.15, 0.2) is 4.34 Å². The maximum absolute atomic E-state index is 12.5. The standard InChI is InChI=1S/C21H29N5O2S2/c1-28-17-9-5-15(6-10-17)18(26-11-3-2-4-12-26)13-22-19(27)14-29-21-25-24-20(30-21)23-16-7-8-16/h5-6,9-10,16,18H,2-4,7-8,11-14H2,1H3,(H,22,27)(H,23,24)/t18-/m0/s1. The number of nitrogens with one attached hydrogen (secondary N) is 2. The largest absolute Gasteiger partial charge is 0.497 e. The number of aromatic nitrogens is 2. The molecule has 1 atom stereocenters. The number of carbonyl (C=O) groups excluding carboxylic acids is 1. The Bertz CT molecular complexity index is 819. The lowest BCUT2D eigenvalue weighted by Gasteiger charge is -2.35. The molecule has 9 heteroatoms. The van der Waals surface area contributed by atoms with Gasteiger partial charge in [0, 0.05) is 12.6 Å². The van der Waals surface area contributed by atoms with Crippen molar-refractivity contribution in [1.29, 1.82) is 0 Å². The molecule has 30 heavy (non-hydrogen) atoms. The van der Waals surface area contributed by atoms with Gasteiger partial charge < -0.3 is 15.4 Å². The highest BCUT2D eigenvalue weighted by Gasteiger charge is 2.24. The van der Waals surface area contributed by atoms with Gasteiger partial charge in [-0.25, -0.2) is 0 Å². The average Bonchev–Trinajstić information content (AvgIpc) is 3.49. The second-order valence-corrected chi connectivity index (χ2v) is 9.97. The van der Waals surface area contributed by atoms with Crippen LogP contribution in [-0.4, -0.2) is 59.5 Å². The number of anilines is 1. The minimum atomic E-state index is 0.0300. The molecule has 0 spiro atoms. The topological polar surface area (TPSA) is 79.4 Å². The summed E-state index contributed by atoms with van der Waals surface area (Å²) in [5.41, 5.74) is 1.21. The van der Waals surface area contributed by atoms with E-state index in [9.17, 15) is 4.79 Å². The van der Waals surface area contributed by atoms with Crippen LogP contribution >= 0.6 is 23.1 Å². The Morgan fingerprint density at radius 3 is 2.70 bits per heavy atom. The highest BCUT2D eigenvalue weighted by molar-refractivity contribution is 8.01. The lowest BCUT2D eigenvalue weighted by molar-refractivity contribution is -0.118. The number of ether oxygens (including phenoxy) is 1. The summed E-state index contributed by atoms with van der Waals surface area (Å²) in [5.74, 6) is 1.24. The zero-order valence-electron chi connectivity index (χ0n) is 17.3.